The quantitative estimate of drug-likeness (QED) is 0.889. The van der Waals surface area contributed by atoms with Crippen molar-refractivity contribution in [1.29, 1.82) is 0 Å². The molecule has 3 nitrogen and oxygen atoms in total. The minimum absolute atomic E-state index is 0.0150. The number of para-hydroxylation sites is 1. The van der Waals surface area contributed by atoms with Gasteiger partial charge in [-0.05, 0) is 25.0 Å². The highest BCUT2D eigenvalue weighted by atomic mass is 19.1. The number of carbonyl (C=O) groups is 1. The Morgan fingerprint density at radius 3 is 2.83 bits per heavy atom. The molecule has 0 radical (unpaired) electrons. The van der Waals surface area contributed by atoms with Gasteiger partial charge in [0.25, 0.3) is 5.91 Å². The summed E-state index contributed by atoms with van der Waals surface area (Å²) < 4.78 is 28.4. The lowest BCUT2D eigenvalue weighted by molar-refractivity contribution is -0.122. The maximum Gasteiger partial charge on any atom is 0.251 e. The maximum absolute atomic E-state index is 13.6. The predicted octanol–water partition coefficient (Wildman–Crippen LogP) is 2.07. The van der Waals surface area contributed by atoms with Crippen LogP contribution in [0.15, 0.2) is 24.3 Å². The molecule has 1 aromatic carbocycles. The van der Waals surface area contributed by atoms with E-state index in [4.69, 9.17) is 5.73 Å². The van der Waals surface area contributed by atoms with Crippen LogP contribution in [0, 0.1) is 5.82 Å². The summed E-state index contributed by atoms with van der Waals surface area (Å²) in [6, 6.07) is 6.60. The number of nitrogens with two attached hydrogens (primary N) is 1. The van der Waals surface area contributed by atoms with E-state index in [2.05, 4.69) is 0 Å². The van der Waals surface area contributed by atoms with Crippen molar-refractivity contribution in [2.75, 3.05) is 0 Å². The minimum Gasteiger partial charge on any atom is -0.367 e. The van der Waals surface area contributed by atoms with Crippen LogP contribution < -0.4 is 5.73 Å². The van der Waals surface area contributed by atoms with Crippen LogP contribution >= 0.6 is 0 Å². The summed E-state index contributed by atoms with van der Waals surface area (Å²) in [6.45, 7) is 0. The molecule has 0 aliphatic rings. The van der Waals surface area contributed by atoms with Crippen LogP contribution in [0.5, 0.6) is 0 Å². The Kier molecular flexibility index (Phi) is 3.32. The van der Waals surface area contributed by atoms with Gasteiger partial charge in [-0.1, -0.05) is 12.1 Å². The Labute approximate surface area is 103 Å². The van der Waals surface area contributed by atoms with Gasteiger partial charge in [-0.25, -0.2) is 8.78 Å². The first-order valence-corrected chi connectivity index (χ1v) is 5.67. The molecule has 1 atom stereocenters. The van der Waals surface area contributed by atoms with Crippen LogP contribution in [0.3, 0.4) is 0 Å². The smallest absolute Gasteiger partial charge is 0.251 e. The first-order valence-electron chi connectivity index (χ1n) is 5.67. The standard InChI is InChI=1S/C13H14F2N2O/c1-17-9(5-6-11(15)13(16)18)7-8-3-2-4-10(14)12(8)17/h2-4,7,11H,5-6H2,1H3,(H2,16,18). The molecular formula is C13H14F2N2O. The van der Waals surface area contributed by atoms with Crippen LogP contribution in [-0.2, 0) is 18.3 Å². The third-order valence-electron chi connectivity index (χ3n) is 3.07. The molecule has 18 heavy (non-hydrogen) atoms. The van der Waals surface area contributed by atoms with Crippen LogP contribution in [0.4, 0.5) is 8.78 Å². The van der Waals surface area contributed by atoms with Crippen molar-refractivity contribution < 1.29 is 13.6 Å². The van der Waals surface area contributed by atoms with Crippen molar-refractivity contribution in [3.63, 3.8) is 0 Å². The van der Waals surface area contributed by atoms with Crippen molar-refractivity contribution in [3.8, 4) is 0 Å². The van der Waals surface area contributed by atoms with Gasteiger partial charge >= 0.3 is 0 Å². The molecule has 0 spiro atoms. The fourth-order valence-electron chi connectivity index (χ4n) is 2.08. The number of amides is 1. The monoisotopic (exact) mass is 252 g/mol. The van der Waals surface area contributed by atoms with Gasteiger partial charge in [-0.2, -0.15) is 0 Å². The van der Waals surface area contributed by atoms with Gasteiger partial charge in [-0.15, -0.1) is 0 Å². The van der Waals surface area contributed by atoms with Crippen LogP contribution in [-0.4, -0.2) is 16.6 Å². The van der Waals surface area contributed by atoms with E-state index in [1.54, 1.807) is 29.8 Å². The molecule has 5 heteroatoms. The Morgan fingerprint density at radius 2 is 2.22 bits per heavy atom. The molecule has 0 aliphatic heterocycles. The Bertz CT molecular complexity index is 592. The van der Waals surface area contributed by atoms with Gasteiger partial charge in [0.05, 0.1) is 5.52 Å². The minimum atomic E-state index is -1.66. The van der Waals surface area contributed by atoms with E-state index in [0.717, 1.165) is 11.1 Å². The third-order valence-corrected chi connectivity index (χ3v) is 3.07. The number of primary amides is 1. The number of hydrogen-bond acceptors (Lipinski definition) is 1. The number of hydrogen-bond donors (Lipinski definition) is 1. The highest BCUT2D eigenvalue weighted by Crippen LogP contribution is 2.22. The third kappa shape index (κ3) is 2.20. The Hall–Kier alpha value is -1.91. The SMILES string of the molecule is Cn1c(CCC(F)C(N)=O)cc2cccc(F)c21. The second kappa shape index (κ2) is 4.76. The van der Waals surface area contributed by atoms with Gasteiger partial charge < -0.3 is 10.3 Å². The highest BCUT2D eigenvalue weighted by molar-refractivity contribution is 5.82. The molecule has 0 saturated heterocycles. The zero-order valence-electron chi connectivity index (χ0n) is 9.99. The molecule has 1 amide bonds. The molecule has 1 unspecified atom stereocenters. The summed E-state index contributed by atoms with van der Waals surface area (Å²) in [4.78, 5) is 10.6. The second-order valence-electron chi connectivity index (χ2n) is 4.28. The zero-order valence-corrected chi connectivity index (χ0v) is 9.99. The molecule has 0 saturated carbocycles. The lowest BCUT2D eigenvalue weighted by atomic mass is 10.1. The summed E-state index contributed by atoms with van der Waals surface area (Å²) in [5.74, 6) is -1.27. The fourth-order valence-corrected chi connectivity index (χ4v) is 2.08. The van der Waals surface area contributed by atoms with Gasteiger partial charge in [0.2, 0.25) is 0 Å². The molecule has 2 N–H and O–H groups in total. The van der Waals surface area contributed by atoms with Crippen LogP contribution in [0.25, 0.3) is 10.9 Å². The van der Waals surface area contributed by atoms with Crippen molar-refractivity contribution in [3.05, 3.63) is 35.8 Å². The van der Waals surface area contributed by atoms with E-state index in [1.165, 1.54) is 6.07 Å². The van der Waals surface area contributed by atoms with Gasteiger partial charge in [0.15, 0.2) is 6.17 Å². The average Bonchev–Trinajstić information content (AvgIpc) is 2.64. The van der Waals surface area contributed by atoms with Gasteiger partial charge in [0, 0.05) is 18.1 Å². The van der Waals surface area contributed by atoms with E-state index in [9.17, 15) is 13.6 Å². The van der Waals surface area contributed by atoms with E-state index < -0.39 is 12.1 Å². The first kappa shape index (κ1) is 12.5. The number of rotatable bonds is 4. The normalized spacial score (nSPS) is 12.8. The second-order valence-corrected chi connectivity index (χ2v) is 4.28. The maximum atomic E-state index is 13.6. The molecule has 0 aliphatic carbocycles. The van der Waals surface area contributed by atoms with E-state index in [-0.39, 0.29) is 12.2 Å². The molecule has 96 valence electrons. The summed E-state index contributed by atoms with van der Waals surface area (Å²) in [6.07, 6.45) is -1.30. The van der Waals surface area contributed by atoms with Crippen molar-refractivity contribution >= 4 is 16.8 Å². The zero-order chi connectivity index (χ0) is 13.3. The number of halogens is 2. The van der Waals surface area contributed by atoms with Gasteiger partial charge in [0.1, 0.15) is 5.82 Å². The molecule has 2 rings (SSSR count). The average molecular weight is 252 g/mol. The Balaban J connectivity index is 2.27. The highest BCUT2D eigenvalue weighted by Gasteiger charge is 2.15. The topological polar surface area (TPSA) is 48.0 Å². The largest absolute Gasteiger partial charge is 0.367 e. The lowest BCUT2D eigenvalue weighted by Crippen LogP contribution is -2.25. The summed E-state index contributed by atoms with van der Waals surface area (Å²) >= 11 is 0. The number of carbonyl (C=O) groups excluding carboxylic acids is 1. The number of fused-ring (bicyclic) bond motifs is 1. The van der Waals surface area contributed by atoms with Crippen LogP contribution in [0.1, 0.15) is 12.1 Å². The van der Waals surface area contributed by atoms with Crippen LogP contribution in [0.2, 0.25) is 0 Å². The molecule has 2 aromatic rings. The number of benzene rings is 1. The van der Waals surface area contributed by atoms with E-state index in [0.29, 0.717) is 11.9 Å². The Morgan fingerprint density at radius 1 is 1.50 bits per heavy atom. The molecule has 1 aromatic heterocycles. The summed E-state index contributed by atoms with van der Waals surface area (Å²) in [5, 5.41) is 0.766. The molecule has 0 fully saturated rings. The van der Waals surface area contributed by atoms with Crippen molar-refractivity contribution in [2.24, 2.45) is 12.8 Å². The number of aryl methyl sites for hydroxylation is 2. The summed E-state index contributed by atoms with van der Waals surface area (Å²) in [5.41, 5.74) is 6.12. The molecular weight excluding hydrogens is 238 g/mol. The van der Waals surface area contributed by atoms with E-state index >= 15 is 0 Å². The van der Waals surface area contributed by atoms with Gasteiger partial charge in [-0.3, -0.25) is 4.79 Å². The molecule has 0 bridgehead atoms. The summed E-state index contributed by atoms with van der Waals surface area (Å²) in [7, 11) is 1.72. The van der Waals surface area contributed by atoms with Crippen molar-refractivity contribution in [2.45, 2.75) is 19.0 Å². The fraction of sp³-hybridized carbons (Fsp3) is 0.308. The predicted molar refractivity (Wildman–Crippen MR) is 65.3 cm³/mol. The number of alkyl halides is 1. The number of nitrogens with zero attached hydrogens (tertiary/aromatic N) is 1. The number of aromatic nitrogens is 1. The van der Waals surface area contributed by atoms with E-state index in [1.807, 2.05) is 0 Å². The van der Waals surface area contributed by atoms with Crippen molar-refractivity contribution in [1.82, 2.24) is 4.57 Å². The first-order chi connectivity index (χ1) is 8.50. The molecule has 1 heterocycles. The lowest BCUT2D eigenvalue weighted by Gasteiger charge is -2.06.